The molecule has 0 radical (unpaired) electrons. The molecule has 0 fully saturated rings. The van der Waals surface area contributed by atoms with Crippen molar-refractivity contribution in [3.63, 3.8) is 0 Å². The standard InChI is InChI=1S/C49H47N3.3C2H6/c1-4-6-11-21-37(3)49(35-48(51)41-27-16-9-17-28-41)52-31-19-10-18-22-38(5-2)42-29-20-30-43(32-42)46-34-44(39-23-12-7-13-24-39)33-45(47(46)36-50)40-25-14-8-15-26-40;3*1-2/h4,6-18,20-30,32-34,48H,1,5,19,31,35,51H2,2-3H3;3*1-2H3/b11-6-,18-10-,37-21+,38-22+,52-49?;;;. The fourth-order valence-electron chi connectivity index (χ4n) is 6.24. The first-order valence-electron chi connectivity index (χ1n) is 21.0. The second-order valence-electron chi connectivity index (χ2n) is 12.7. The van der Waals surface area contributed by atoms with Crippen LogP contribution in [-0.2, 0) is 0 Å². The predicted octanol–water partition coefficient (Wildman–Crippen LogP) is 15.6. The lowest BCUT2D eigenvalue weighted by Crippen LogP contribution is -2.16. The Balaban J connectivity index is 0.00000185. The Bertz CT molecular complexity index is 2130. The van der Waals surface area contributed by atoms with Crippen molar-refractivity contribution < 1.29 is 0 Å². The number of rotatable bonds is 15. The molecule has 300 valence electrons. The highest BCUT2D eigenvalue weighted by molar-refractivity contribution is 6.00. The second-order valence-corrected chi connectivity index (χ2v) is 12.7. The minimum atomic E-state index is -0.122. The molecule has 5 aromatic rings. The smallest absolute Gasteiger partial charge is 0.100 e. The van der Waals surface area contributed by atoms with Gasteiger partial charge in [-0.25, -0.2) is 0 Å². The quantitative estimate of drug-likeness (QED) is 0.0655. The van der Waals surface area contributed by atoms with Crippen molar-refractivity contribution in [3.05, 3.63) is 199 Å². The average molecular weight is 768 g/mol. The summed E-state index contributed by atoms with van der Waals surface area (Å²) in [6.07, 6.45) is 16.6. The Morgan fingerprint density at radius 1 is 0.690 bits per heavy atom. The zero-order valence-corrected chi connectivity index (χ0v) is 36.3. The number of nitriles is 1. The third-order valence-corrected chi connectivity index (χ3v) is 9.09. The Morgan fingerprint density at radius 2 is 1.26 bits per heavy atom. The molecule has 0 amide bonds. The summed E-state index contributed by atoms with van der Waals surface area (Å²) < 4.78 is 0. The van der Waals surface area contributed by atoms with E-state index in [1.165, 1.54) is 5.57 Å². The van der Waals surface area contributed by atoms with Gasteiger partial charge >= 0.3 is 0 Å². The molecule has 5 aromatic carbocycles. The van der Waals surface area contributed by atoms with Gasteiger partial charge < -0.3 is 5.73 Å². The summed E-state index contributed by atoms with van der Waals surface area (Å²) >= 11 is 0. The number of aliphatic imine (C=N–C) groups is 1. The lowest BCUT2D eigenvalue weighted by Gasteiger charge is -2.15. The van der Waals surface area contributed by atoms with Crippen LogP contribution in [0.15, 0.2) is 187 Å². The largest absolute Gasteiger partial charge is 0.324 e. The summed E-state index contributed by atoms with van der Waals surface area (Å²) in [7, 11) is 0. The van der Waals surface area contributed by atoms with Crippen LogP contribution >= 0.6 is 0 Å². The molecule has 0 aliphatic carbocycles. The number of nitrogens with two attached hydrogens (primary N) is 1. The van der Waals surface area contributed by atoms with Crippen molar-refractivity contribution >= 4 is 11.3 Å². The van der Waals surface area contributed by atoms with E-state index in [9.17, 15) is 5.26 Å². The van der Waals surface area contributed by atoms with Crippen LogP contribution in [0.25, 0.3) is 39.0 Å². The van der Waals surface area contributed by atoms with Gasteiger partial charge in [-0.1, -0.05) is 207 Å². The van der Waals surface area contributed by atoms with E-state index in [-0.39, 0.29) is 6.04 Å². The van der Waals surface area contributed by atoms with Crippen molar-refractivity contribution in [2.24, 2.45) is 10.7 Å². The van der Waals surface area contributed by atoms with Gasteiger partial charge in [0, 0.05) is 35.8 Å². The first-order valence-corrected chi connectivity index (χ1v) is 21.0. The van der Waals surface area contributed by atoms with Crippen LogP contribution in [0.4, 0.5) is 0 Å². The van der Waals surface area contributed by atoms with E-state index in [1.54, 1.807) is 6.08 Å². The molecule has 0 saturated carbocycles. The minimum absolute atomic E-state index is 0.122. The SMILES string of the molecule is C=C/C=C\C=C(/C)C(CC(N)c1ccccc1)=NCC/C=C\C=C(/CC)c1cccc(-c2cc(-c3ccccc3)cc(-c3ccccc3)c2C#N)c1.CC.CC.CC. The van der Waals surface area contributed by atoms with Gasteiger partial charge in [0.25, 0.3) is 0 Å². The van der Waals surface area contributed by atoms with Crippen LogP contribution < -0.4 is 5.73 Å². The number of benzene rings is 5. The third-order valence-electron chi connectivity index (χ3n) is 9.09. The molecule has 5 rings (SSSR count). The maximum absolute atomic E-state index is 10.5. The highest BCUT2D eigenvalue weighted by atomic mass is 14.7. The minimum Gasteiger partial charge on any atom is -0.324 e. The van der Waals surface area contributed by atoms with Crippen molar-refractivity contribution in [1.82, 2.24) is 0 Å². The molecule has 0 aliphatic heterocycles. The summed E-state index contributed by atoms with van der Waals surface area (Å²) in [5.41, 5.74) is 19.0. The van der Waals surface area contributed by atoms with Gasteiger partial charge in [0.2, 0.25) is 0 Å². The van der Waals surface area contributed by atoms with E-state index in [4.69, 9.17) is 10.7 Å². The van der Waals surface area contributed by atoms with E-state index < -0.39 is 0 Å². The molecule has 0 aromatic heterocycles. The summed E-state index contributed by atoms with van der Waals surface area (Å²) in [6.45, 7) is 20.7. The summed E-state index contributed by atoms with van der Waals surface area (Å²) in [4.78, 5) is 4.99. The van der Waals surface area contributed by atoms with Crippen molar-refractivity contribution in [3.8, 4) is 39.4 Å². The van der Waals surface area contributed by atoms with E-state index >= 15 is 0 Å². The zero-order chi connectivity index (χ0) is 42.5. The van der Waals surface area contributed by atoms with Crippen LogP contribution in [0, 0.1) is 11.3 Å². The molecule has 0 bridgehead atoms. The number of hydrogen-bond acceptors (Lipinski definition) is 3. The van der Waals surface area contributed by atoms with E-state index in [2.05, 4.69) is 136 Å². The van der Waals surface area contributed by atoms with Crippen LogP contribution in [0.2, 0.25) is 0 Å². The fourth-order valence-corrected chi connectivity index (χ4v) is 6.24. The molecule has 2 N–H and O–H groups in total. The zero-order valence-electron chi connectivity index (χ0n) is 36.3. The maximum atomic E-state index is 10.5. The van der Waals surface area contributed by atoms with Gasteiger partial charge in [-0.3, -0.25) is 4.99 Å². The van der Waals surface area contributed by atoms with E-state index in [1.807, 2.05) is 96.2 Å². The number of allylic oxidation sites excluding steroid dienone is 8. The lowest BCUT2D eigenvalue weighted by atomic mass is 9.87. The number of nitrogens with zero attached hydrogens (tertiary/aromatic N) is 2. The van der Waals surface area contributed by atoms with Crippen molar-refractivity contribution in [1.29, 1.82) is 5.26 Å². The Morgan fingerprint density at radius 3 is 1.84 bits per heavy atom. The molecule has 58 heavy (non-hydrogen) atoms. The second kappa shape index (κ2) is 28.3. The van der Waals surface area contributed by atoms with Crippen LogP contribution in [-0.4, -0.2) is 12.3 Å². The van der Waals surface area contributed by atoms with E-state index in [0.717, 1.165) is 68.6 Å². The summed E-state index contributed by atoms with van der Waals surface area (Å²) in [5, 5.41) is 10.5. The molecule has 3 heteroatoms. The Kier molecular flexibility index (Phi) is 23.5. The molecule has 3 nitrogen and oxygen atoms in total. The molecule has 0 spiro atoms. The van der Waals surface area contributed by atoms with Gasteiger partial charge in [0.15, 0.2) is 0 Å². The van der Waals surface area contributed by atoms with E-state index in [0.29, 0.717) is 18.5 Å². The Hall–Kier alpha value is -6.08. The van der Waals surface area contributed by atoms with Gasteiger partial charge in [-0.05, 0) is 82.5 Å². The fraction of sp³-hybridized carbons (Fsp3) is 0.236. The highest BCUT2D eigenvalue weighted by Crippen LogP contribution is 2.38. The molecular formula is C55H65N3. The third kappa shape index (κ3) is 14.8. The lowest BCUT2D eigenvalue weighted by molar-refractivity contribution is 0.758. The first-order chi connectivity index (χ1) is 28.5. The van der Waals surface area contributed by atoms with Crippen molar-refractivity contribution in [2.75, 3.05) is 6.54 Å². The highest BCUT2D eigenvalue weighted by Gasteiger charge is 2.16. The molecule has 1 unspecified atom stereocenters. The Labute approximate surface area is 351 Å². The van der Waals surface area contributed by atoms with Crippen LogP contribution in [0.5, 0.6) is 0 Å². The van der Waals surface area contributed by atoms with Crippen LogP contribution in [0.1, 0.15) is 97.4 Å². The van der Waals surface area contributed by atoms with Crippen LogP contribution in [0.3, 0.4) is 0 Å². The molecular weight excluding hydrogens is 703 g/mol. The predicted molar refractivity (Wildman–Crippen MR) is 257 cm³/mol. The van der Waals surface area contributed by atoms with Gasteiger partial charge in [-0.2, -0.15) is 5.26 Å². The normalized spacial score (nSPS) is 12.0. The monoisotopic (exact) mass is 768 g/mol. The molecule has 0 heterocycles. The first kappa shape index (κ1) is 48.1. The molecule has 1 atom stereocenters. The summed E-state index contributed by atoms with van der Waals surface area (Å²) in [6, 6.07) is 46.0. The average Bonchev–Trinajstić information content (AvgIpc) is 3.30. The molecule has 0 saturated heterocycles. The molecule has 0 aliphatic rings. The summed E-state index contributed by atoms with van der Waals surface area (Å²) in [5.74, 6) is 0. The number of hydrogen-bond donors (Lipinski definition) is 1. The van der Waals surface area contributed by atoms with Gasteiger partial charge in [0.05, 0.1) is 5.56 Å². The topological polar surface area (TPSA) is 62.2 Å². The van der Waals surface area contributed by atoms with Crippen molar-refractivity contribution in [2.45, 2.75) is 80.7 Å². The van der Waals surface area contributed by atoms with Gasteiger partial charge in [0.1, 0.15) is 6.07 Å². The maximum Gasteiger partial charge on any atom is 0.100 e. The van der Waals surface area contributed by atoms with Gasteiger partial charge in [-0.15, -0.1) is 0 Å².